The van der Waals surface area contributed by atoms with Crippen LogP contribution in [0.4, 0.5) is 5.13 Å². The van der Waals surface area contributed by atoms with Crippen molar-refractivity contribution in [3.05, 3.63) is 44.3 Å². The second-order valence-corrected chi connectivity index (χ2v) is 7.81. The van der Waals surface area contributed by atoms with Gasteiger partial charge in [-0.1, -0.05) is 13.8 Å². The van der Waals surface area contributed by atoms with Crippen LogP contribution in [0.3, 0.4) is 0 Å². The van der Waals surface area contributed by atoms with Gasteiger partial charge in [-0.15, -0.1) is 11.3 Å². The molecule has 1 amide bonds. The van der Waals surface area contributed by atoms with Crippen LogP contribution >= 0.6 is 11.3 Å². The van der Waals surface area contributed by atoms with E-state index in [-0.39, 0.29) is 16.8 Å². The molecular formula is C16H17N3O3S. The van der Waals surface area contributed by atoms with Crippen molar-refractivity contribution < 1.29 is 9.59 Å². The minimum atomic E-state index is -0.555. The maximum Gasteiger partial charge on any atom is 0.263 e. The van der Waals surface area contributed by atoms with Gasteiger partial charge in [0.1, 0.15) is 5.56 Å². The Labute approximate surface area is 137 Å². The third-order valence-electron chi connectivity index (χ3n) is 3.80. The number of carbonyl (C=O) groups is 2. The lowest BCUT2D eigenvalue weighted by atomic mass is 9.75. The van der Waals surface area contributed by atoms with E-state index in [0.29, 0.717) is 29.2 Å². The third-order valence-corrected chi connectivity index (χ3v) is 4.63. The molecule has 0 saturated heterocycles. The van der Waals surface area contributed by atoms with Crippen LogP contribution in [-0.2, 0) is 6.42 Å². The number of aromatic nitrogens is 2. The Kier molecular flexibility index (Phi) is 3.68. The summed E-state index contributed by atoms with van der Waals surface area (Å²) in [5.41, 5.74) is 0.307. The summed E-state index contributed by atoms with van der Waals surface area (Å²) in [6.07, 6.45) is 2.65. The van der Waals surface area contributed by atoms with Crippen LogP contribution in [-0.4, -0.2) is 21.7 Å². The monoisotopic (exact) mass is 331 g/mol. The van der Waals surface area contributed by atoms with Crippen LogP contribution in [0, 0.1) is 12.3 Å². The summed E-state index contributed by atoms with van der Waals surface area (Å²) in [7, 11) is 0. The quantitative estimate of drug-likeness (QED) is 0.884. The zero-order valence-corrected chi connectivity index (χ0v) is 14.0. The molecule has 2 N–H and O–H groups in total. The molecule has 2 aromatic heterocycles. The summed E-state index contributed by atoms with van der Waals surface area (Å²) >= 11 is 1.32. The molecule has 0 aromatic carbocycles. The average Bonchev–Trinajstić information content (AvgIpc) is 2.81. The first-order valence-electron chi connectivity index (χ1n) is 7.28. The molecule has 0 aliphatic heterocycles. The Hall–Kier alpha value is -2.28. The largest absolute Gasteiger partial charge is 0.325 e. The highest BCUT2D eigenvalue weighted by molar-refractivity contribution is 7.15. The summed E-state index contributed by atoms with van der Waals surface area (Å²) in [6, 6.07) is 1.40. The molecule has 23 heavy (non-hydrogen) atoms. The van der Waals surface area contributed by atoms with Gasteiger partial charge >= 0.3 is 0 Å². The van der Waals surface area contributed by atoms with E-state index in [4.69, 9.17) is 0 Å². The summed E-state index contributed by atoms with van der Waals surface area (Å²) in [4.78, 5) is 44.5. The van der Waals surface area contributed by atoms with Crippen LogP contribution in [0.2, 0.25) is 0 Å². The van der Waals surface area contributed by atoms with E-state index in [1.54, 1.807) is 6.20 Å². The normalized spacial score (nSPS) is 16.0. The van der Waals surface area contributed by atoms with E-state index in [2.05, 4.69) is 15.3 Å². The van der Waals surface area contributed by atoms with E-state index in [9.17, 15) is 14.4 Å². The van der Waals surface area contributed by atoms with Crippen molar-refractivity contribution >= 4 is 28.2 Å². The number of pyridine rings is 1. The molecule has 0 atom stereocenters. The van der Waals surface area contributed by atoms with Crippen LogP contribution in [0.1, 0.15) is 51.6 Å². The van der Waals surface area contributed by atoms with Crippen molar-refractivity contribution in [2.24, 2.45) is 5.41 Å². The smallest absolute Gasteiger partial charge is 0.263 e. The lowest BCUT2D eigenvalue weighted by molar-refractivity contribution is 0.0910. The lowest BCUT2D eigenvalue weighted by Crippen LogP contribution is -2.32. The number of thiazole rings is 1. The first-order chi connectivity index (χ1) is 10.7. The van der Waals surface area contributed by atoms with E-state index < -0.39 is 11.5 Å². The fourth-order valence-corrected chi connectivity index (χ4v) is 3.43. The molecule has 2 heterocycles. The fraction of sp³-hybridized carbons (Fsp3) is 0.375. The molecule has 1 aliphatic carbocycles. The van der Waals surface area contributed by atoms with Gasteiger partial charge in [0.25, 0.3) is 11.5 Å². The Balaban J connectivity index is 1.95. The minimum Gasteiger partial charge on any atom is -0.325 e. The van der Waals surface area contributed by atoms with Gasteiger partial charge in [0.2, 0.25) is 0 Å². The lowest BCUT2D eigenvalue weighted by Gasteiger charge is -2.29. The maximum atomic E-state index is 12.3. The van der Waals surface area contributed by atoms with Gasteiger partial charge in [-0.05, 0) is 24.8 Å². The number of ketones is 1. The SMILES string of the molecule is Cc1cnc(NC(=O)c2cc3c([nH]c2=O)CC(C)(C)CC3=O)s1. The predicted molar refractivity (Wildman–Crippen MR) is 88.3 cm³/mol. The minimum absolute atomic E-state index is 0.0494. The van der Waals surface area contributed by atoms with Gasteiger partial charge in [0.05, 0.1) is 0 Å². The molecule has 6 nitrogen and oxygen atoms in total. The maximum absolute atomic E-state index is 12.3. The number of Topliss-reactive ketones (excluding diaryl/α,β-unsaturated/α-hetero) is 1. The zero-order chi connectivity index (χ0) is 16.8. The molecule has 0 fully saturated rings. The summed E-state index contributed by atoms with van der Waals surface area (Å²) < 4.78 is 0. The summed E-state index contributed by atoms with van der Waals surface area (Å²) in [6.45, 7) is 5.84. The Bertz CT molecular complexity index is 864. The van der Waals surface area contributed by atoms with Crippen LogP contribution < -0.4 is 10.9 Å². The van der Waals surface area contributed by atoms with Crippen molar-refractivity contribution in [1.29, 1.82) is 0 Å². The Morgan fingerprint density at radius 1 is 1.35 bits per heavy atom. The topological polar surface area (TPSA) is 91.9 Å². The van der Waals surface area contributed by atoms with Crippen molar-refractivity contribution in [2.45, 2.75) is 33.6 Å². The van der Waals surface area contributed by atoms with Crippen molar-refractivity contribution in [2.75, 3.05) is 5.32 Å². The number of nitrogens with one attached hydrogen (secondary N) is 2. The number of hydrogen-bond donors (Lipinski definition) is 2. The summed E-state index contributed by atoms with van der Waals surface area (Å²) in [5, 5.41) is 3.02. The van der Waals surface area contributed by atoms with Gasteiger partial charge in [-0.2, -0.15) is 0 Å². The number of nitrogens with zero attached hydrogens (tertiary/aromatic N) is 1. The molecule has 7 heteroatoms. The predicted octanol–water partition coefficient (Wildman–Crippen LogP) is 2.55. The van der Waals surface area contributed by atoms with Crippen LogP contribution in [0.25, 0.3) is 0 Å². The number of H-pyrrole nitrogens is 1. The van der Waals surface area contributed by atoms with E-state index >= 15 is 0 Å². The van der Waals surface area contributed by atoms with Crippen molar-refractivity contribution in [1.82, 2.24) is 9.97 Å². The molecule has 1 aliphatic rings. The number of aryl methyl sites for hydroxylation is 1. The molecule has 0 unspecified atom stereocenters. The Morgan fingerprint density at radius 2 is 2.09 bits per heavy atom. The van der Waals surface area contributed by atoms with Crippen molar-refractivity contribution in [3.63, 3.8) is 0 Å². The molecule has 0 bridgehead atoms. The highest BCUT2D eigenvalue weighted by atomic mass is 32.1. The summed E-state index contributed by atoms with van der Waals surface area (Å²) in [5.74, 6) is -0.604. The molecule has 3 rings (SSSR count). The average molecular weight is 331 g/mol. The molecule has 0 radical (unpaired) electrons. The second-order valence-electron chi connectivity index (χ2n) is 6.58. The molecular weight excluding hydrogens is 314 g/mol. The Morgan fingerprint density at radius 3 is 2.74 bits per heavy atom. The number of aromatic amines is 1. The van der Waals surface area contributed by atoms with E-state index in [0.717, 1.165) is 4.88 Å². The van der Waals surface area contributed by atoms with Crippen molar-refractivity contribution in [3.8, 4) is 0 Å². The highest BCUT2D eigenvalue weighted by Gasteiger charge is 2.32. The van der Waals surface area contributed by atoms with Gasteiger partial charge in [-0.25, -0.2) is 4.98 Å². The number of anilines is 1. The second kappa shape index (κ2) is 5.42. The third kappa shape index (κ3) is 3.10. The molecule has 2 aromatic rings. The van der Waals surface area contributed by atoms with Gasteiger partial charge in [0.15, 0.2) is 10.9 Å². The molecule has 0 spiro atoms. The van der Waals surface area contributed by atoms with Gasteiger partial charge < -0.3 is 4.98 Å². The molecule has 120 valence electrons. The number of fused-ring (bicyclic) bond motifs is 1. The van der Waals surface area contributed by atoms with Crippen LogP contribution in [0.5, 0.6) is 0 Å². The van der Waals surface area contributed by atoms with E-state index in [1.807, 2.05) is 20.8 Å². The number of hydrogen-bond acceptors (Lipinski definition) is 5. The van der Waals surface area contributed by atoms with E-state index in [1.165, 1.54) is 17.4 Å². The van der Waals surface area contributed by atoms with Gasteiger partial charge in [-0.3, -0.25) is 19.7 Å². The standard InChI is InChI=1S/C16H17N3O3S/c1-8-7-17-15(23-8)19-14(22)10-4-9-11(18-13(10)21)5-16(2,3)6-12(9)20/h4,7H,5-6H2,1-3H3,(H,18,21)(H,17,19,22). The highest BCUT2D eigenvalue weighted by Crippen LogP contribution is 2.33. The van der Waals surface area contributed by atoms with Crippen LogP contribution in [0.15, 0.2) is 17.1 Å². The number of carbonyl (C=O) groups excluding carboxylic acids is 2. The number of amides is 1. The zero-order valence-electron chi connectivity index (χ0n) is 13.1. The fourth-order valence-electron chi connectivity index (χ4n) is 2.77. The van der Waals surface area contributed by atoms with Gasteiger partial charge in [0, 0.05) is 28.8 Å². The first kappa shape index (κ1) is 15.6. The molecule has 0 saturated carbocycles. The number of rotatable bonds is 2. The first-order valence-corrected chi connectivity index (χ1v) is 8.10.